The molecular formula is C22H31N3O2. The van der Waals surface area contributed by atoms with Gasteiger partial charge in [0.25, 0.3) is 0 Å². The molecule has 0 amide bonds. The minimum atomic E-state index is -0.666. The second-order valence-electron chi connectivity index (χ2n) is 8.47. The Kier molecular flexibility index (Phi) is 5.48. The highest BCUT2D eigenvalue weighted by Crippen LogP contribution is 2.33. The molecule has 1 saturated carbocycles. The fourth-order valence-electron chi connectivity index (χ4n) is 5.22. The van der Waals surface area contributed by atoms with Crippen LogP contribution in [0, 0.1) is 11.8 Å². The molecule has 2 atom stereocenters. The van der Waals surface area contributed by atoms with E-state index in [2.05, 4.69) is 28.6 Å². The third-order valence-corrected chi connectivity index (χ3v) is 6.78. The monoisotopic (exact) mass is 369 g/mol. The van der Waals surface area contributed by atoms with Crippen molar-refractivity contribution in [3.05, 3.63) is 30.1 Å². The highest BCUT2D eigenvalue weighted by Gasteiger charge is 2.34. The number of benzene rings is 1. The number of carbonyl (C=O) groups is 1. The fourth-order valence-corrected chi connectivity index (χ4v) is 5.22. The Bertz CT molecular complexity index is 794. The lowest BCUT2D eigenvalue weighted by molar-refractivity contribution is -0.139. The van der Waals surface area contributed by atoms with Gasteiger partial charge >= 0.3 is 5.97 Å². The molecule has 2 heterocycles. The third-order valence-electron chi connectivity index (χ3n) is 6.78. The molecule has 4 rings (SSSR count). The Morgan fingerprint density at radius 3 is 2.67 bits per heavy atom. The molecule has 2 aromatic rings. The van der Waals surface area contributed by atoms with Gasteiger partial charge in [0.05, 0.1) is 11.0 Å². The Morgan fingerprint density at radius 1 is 1.15 bits per heavy atom. The third kappa shape index (κ3) is 4.03. The number of aromatic nitrogens is 2. The Balaban J connectivity index is 1.54. The summed E-state index contributed by atoms with van der Waals surface area (Å²) in [5.41, 5.74) is 2.19. The number of nitrogens with zero attached hydrogens (tertiary/aromatic N) is 3. The molecule has 2 fully saturated rings. The van der Waals surface area contributed by atoms with Crippen LogP contribution in [0.1, 0.15) is 50.8 Å². The van der Waals surface area contributed by atoms with Gasteiger partial charge < -0.3 is 14.6 Å². The van der Waals surface area contributed by atoms with Crippen molar-refractivity contribution < 1.29 is 9.90 Å². The highest BCUT2D eigenvalue weighted by atomic mass is 16.4. The zero-order chi connectivity index (χ0) is 18.8. The Morgan fingerprint density at radius 2 is 1.93 bits per heavy atom. The number of carboxylic acids is 1. The van der Waals surface area contributed by atoms with E-state index in [1.165, 1.54) is 32.1 Å². The van der Waals surface area contributed by atoms with Gasteiger partial charge in [-0.15, -0.1) is 0 Å². The first-order valence-electron chi connectivity index (χ1n) is 10.5. The maximum absolute atomic E-state index is 11.4. The number of carboxylic acid groups (broad SMARTS) is 1. The van der Waals surface area contributed by atoms with E-state index in [4.69, 9.17) is 4.98 Å². The van der Waals surface area contributed by atoms with Gasteiger partial charge in [-0.3, -0.25) is 4.79 Å². The maximum atomic E-state index is 11.4. The molecule has 1 aliphatic carbocycles. The summed E-state index contributed by atoms with van der Waals surface area (Å²) < 4.78 is 2.19. The zero-order valence-electron chi connectivity index (χ0n) is 16.3. The van der Waals surface area contributed by atoms with E-state index >= 15 is 0 Å². The molecule has 27 heavy (non-hydrogen) atoms. The average molecular weight is 370 g/mol. The minimum absolute atomic E-state index is 0.252. The van der Waals surface area contributed by atoms with Crippen LogP contribution in [0.5, 0.6) is 0 Å². The molecule has 5 heteroatoms. The SMILES string of the molecule is Cn1c(C[C@H]2CN(C3CCCCC3)CC[C@H]2CC(=O)O)nc2ccccc21. The quantitative estimate of drug-likeness (QED) is 0.869. The summed E-state index contributed by atoms with van der Waals surface area (Å²) in [5, 5.41) is 9.40. The van der Waals surface area contributed by atoms with Crippen molar-refractivity contribution in [1.29, 1.82) is 0 Å². The number of piperidine rings is 1. The standard InChI is InChI=1S/C22H31N3O2/c1-24-20-10-6-5-9-19(20)23-21(24)13-17-15-25(18-7-3-2-4-8-18)12-11-16(17)14-22(26)27/h5-6,9-10,16-18H,2-4,7-8,11-15H2,1H3,(H,26,27)/t16-,17-/m0/s1. The van der Waals surface area contributed by atoms with Gasteiger partial charge in [0.15, 0.2) is 0 Å². The molecule has 146 valence electrons. The molecule has 0 bridgehead atoms. The molecule has 1 N–H and O–H groups in total. The van der Waals surface area contributed by atoms with Crippen LogP contribution in [0.3, 0.4) is 0 Å². The molecule has 1 aromatic heterocycles. The molecule has 0 radical (unpaired) electrons. The molecule has 1 saturated heterocycles. The van der Waals surface area contributed by atoms with Crippen molar-refractivity contribution in [2.75, 3.05) is 13.1 Å². The van der Waals surface area contributed by atoms with Crippen LogP contribution in [0.15, 0.2) is 24.3 Å². The number of rotatable bonds is 5. The Labute approximate surface area is 161 Å². The summed E-state index contributed by atoms with van der Waals surface area (Å²) in [6.45, 7) is 2.08. The van der Waals surface area contributed by atoms with E-state index in [0.29, 0.717) is 12.0 Å². The highest BCUT2D eigenvalue weighted by molar-refractivity contribution is 5.75. The lowest BCUT2D eigenvalue weighted by Gasteiger charge is -2.43. The van der Waals surface area contributed by atoms with E-state index in [-0.39, 0.29) is 12.3 Å². The molecule has 1 aliphatic heterocycles. The van der Waals surface area contributed by atoms with Gasteiger partial charge in [0, 0.05) is 32.5 Å². The van der Waals surface area contributed by atoms with Crippen molar-refractivity contribution in [3.63, 3.8) is 0 Å². The molecular weight excluding hydrogens is 338 g/mol. The zero-order valence-corrected chi connectivity index (χ0v) is 16.3. The number of para-hydroxylation sites is 2. The predicted molar refractivity (Wildman–Crippen MR) is 107 cm³/mol. The molecule has 1 aromatic carbocycles. The van der Waals surface area contributed by atoms with Gasteiger partial charge in [0.2, 0.25) is 0 Å². The first-order valence-corrected chi connectivity index (χ1v) is 10.5. The van der Waals surface area contributed by atoms with Crippen molar-refractivity contribution in [3.8, 4) is 0 Å². The number of aliphatic carboxylic acids is 1. The summed E-state index contributed by atoms with van der Waals surface area (Å²) in [7, 11) is 2.08. The lowest BCUT2D eigenvalue weighted by Crippen LogP contribution is -2.47. The number of fused-ring (bicyclic) bond motifs is 1. The van der Waals surface area contributed by atoms with E-state index < -0.39 is 5.97 Å². The Hall–Kier alpha value is -1.88. The lowest BCUT2D eigenvalue weighted by atomic mass is 9.79. The molecule has 0 unspecified atom stereocenters. The largest absolute Gasteiger partial charge is 0.481 e. The van der Waals surface area contributed by atoms with Gasteiger partial charge in [-0.1, -0.05) is 31.4 Å². The van der Waals surface area contributed by atoms with E-state index in [9.17, 15) is 9.90 Å². The predicted octanol–water partition coefficient (Wildman–Crippen LogP) is 3.86. The van der Waals surface area contributed by atoms with Gasteiger partial charge in [-0.25, -0.2) is 4.98 Å². The first-order chi connectivity index (χ1) is 13.1. The molecule has 2 aliphatic rings. The number of hydrogen-bond acceptors (Lipinski definition) is 3. The normalized spacial score (nSPS) is 25.1. The van der Waals surface area contributed by atoms with Crippen LogP contribution < -0.4 is 0 Å². The number of imidazole rings is 1. The van der Waals surface area contributed by atoms with Crippen LogP contribution in [0.4, 0.5) is 0 Å². The summed E-state index contributed by atoms with van der Waals surface area (Å²) >= 11 is 0. The van der Waals surface area contributed by atoms with Crippen LogP contribution in [-0.4, -0.2) is 44.7 Å². The maximum Gasteiger partial charge on any atom is 0.303 e. The van der Waals surface area contributed by atoms with E-state index in [1.807, 2.05) is 12.1 Å². The summed E-state index contributed by atoms with van der Waals surface area (Å²) in [6, 6.07) is 8.94. The van der Waals surface area contributed by atoms with Crippen molar-refractivity contribution >= 4 is 17.0 Å². The van der Waals surface area contributed by atoms with Crippen LogP contribution in [0.2, 0.25) is 0 Å². The number of hydrogen-bond donors (Lipinski definition) is 1. The van der Waals surface area contributed by atoms with E-state index in [1.54, 1.807) is 0 Å². The average Bonchev–Trinajstić information content (AvgIpc) is 2.99. The van der Waals surface area contributed by atoms with Crippen molar-refractivity contribution in [1.82, 2.24) is 14.5 Å². The van der Waals surface area contributed by atoms with Crippen LogP contribution in [-0.2, 0) is 18.3 Å². The van der Waals surface area contributed by atoms with Crippen molar-refractivity contribution in [2.24, 2.45) is 18.9 Å². The van der Waals surface area contributed by atoms with Gasteiger partial charge in [0.1, 0.15) is 5.82 Å². The summed E-state index contributed by atoms with van der Waals surface area (Å²) in [5.74, 6) is 1.04. The van der Waals surface area contributed by atoms with Crippen molar-refractivity contribution in [2.45, 2.75) is 57.4 Å². The van der Waals surface area contributed by atoms with Crippen LogP contribution >= 0.6 is 0 Å². The fraction of sp³-hybridized carbons (Fsp3) is 0.636. The molecule has 0 spiro atoms. The molecule has 5 nitrogen and oxygen atoms in total. The second kappa shape index (κ2) is 8.01. The van der Waals surface area contributed by atoms with Gasteiger partial charge in [-0.2, -0.15) is 0 Å². The minimum Gasteiger partial charge on any atom is -0.481 e. The summed E-state index contributed by atoms with van der Waals surface area (Å²) in [4.78, 5) is 18.9. The smallest absolute Gasteiger partial charge is 0.303 e. The summed E-state index contributed by atoms with van der Waals surface area (Å²) in [6.07, 6.45) is 8.82. The van der Waals surface area contributed by atoms with Crippen LogP contribution in [0.25, 0.3) is 11.0 Å². The first kappa shape index (κ1) is 18.5. The second-order valence-corrected chi connectivity index (χ2v) is 8.47. The number of likely N-dealkylation sites (tertiary alicyclic amines) is 1. The topological polar surface area (TPSA) is 58.4 Å². The van der Waals surface area contributed by atoms with E-state index in [0.717, 1.165) is 42.8 Å². The number of aryl methyl sites for hydroxylation is 1. The van der Waals surface area contributed by atoms with Gasteiger partial charge in [-0.05, 0) is 49.8 Å².